The van der Waals surface area contributed by atoms with Gasteiger partial charge in [-0.1, -0.05) is 31.5 Å². The van der Waals surface area contributed by atoms with Crippen LogP contribution in [0.15, 0.2) is 48.5 Å². The third kappa shape index (κ3) is 3.85. The van der Waals surface area contributed by atoms with E-state index in [9.17, 15) is 9.90 Å². The number of phenolic OH excluding ortho intramolecular Hbond substituents is 1. The normalized spacial score (nSPS) is 10.2. The molecule has 0 saturated carbocycles. The molecular formula is C17H18O3. The van der Waals surface area contributed by atoms with Crippen molar-refractivity contribution < 1.29 is 14.6 Å². The molecule has 0 amide bonds. The summed E-state index contributed by atoms with van der Waals surface area (Å²) in [7, 11) is 0. The van der Waals surface area contributed by atoms with Crippen molar-refractivity contribution in [2.45, 2.75) is 26.2 Å². The van der Waals surface area contributed by atoms with Gasteiger partial charge in [0.1, 0.15) is 11.5 Å². The zero-order valence-corrected chi connectivity index (χ0v) is 11.5. The van der Waals surface area contributed by atoms with Gasteiger partial charge in [0.25, 0.3) is 0 Å². The summed E-state index contributed by atoms with van der Waals surface area (Å²) in [5.41, 5.74) is 1.73. The number of rotatable bonds is 5. The molecule has 0 fully saturated rings. The maximum atomic E-state index is 11.9. The van der Waals surface area contributed by atoms with Crippen molar-refractivity contribution in [2.24, 2.45) is 0 Å². The largest absolute Gasteiger partial charge is 0.508 e. The first-order valence-electron chi connectivity index (χ1n) is 6.79. The lowest BCUT2D eigenvalue weighted by molar-refractivity contribution is 0.0734. The molecule has 0 heterocycles. The predicted octanol–water partition coefficient (Wildman–Crippen LogP) is 3.95. The Hall–Kier alpha value is -2.29. The molecule has 2 aromatic rings. The molecular weight excluding hydrogens is 252 g/mol. The molecule has 0 atom stereocenters. The topological polar surface area (TPSA) is 46.5 Å². The van der Waals surface area contributed by atoms with Crippen LogP contribution in [-0.4, -0.2) is 11.1 Å². The standard InChI is InChI=1S/C17H18O3/c1-2-3-5-13-8-10-14(11-9-13)17(19)20-16-7-4-6-15(18)12-16/h4,6-12,18H,2-3,5H2,1H3. The summed E-state index contributed by atoms with van der Waals surface area (Å²) in [6, 6.07) is 13.7. The summed E-state index contributed by atoms with van der Waals surface area (Å²) < 4.78 is 5.20. The molecule has 0 aliphatic carbocycles. The minimum atomic E-state index is -0.419. The van der Waals surface area contributed by atoms with Crippen molar-refractivity contribution in [2.75, 3.05) is 0 Å². The number of aromatic hydroxyl groups is 1. The molecule has 20 heavy (non-hydrogen) atoms. The second kappa shape index (κ2) is 6.75. The van der Waals surface area contributed by atoms with Crippen molar-refractivity contribution in [1.82, 2.24) is 0 Å². The molecule has 3 nitrogen and oxygen atoms in total. The number of unbranched alkanes of at least 4 members (excludes halogenated alkanes) is 1. The van der Waals surface area contributed by atoms with Gasteiger partial charge in [0, 0.05) is 6.07 Å². The maximum absolute atomic E-state index is 11.9. The third-order valence-corrected chi connectivity index (χ3v) is 3.04. The molecule has 0 unspecified atom stereocenters. The molecule has 104 valence electrons. The summed E-state index contributed by atoms with van der Waals surface area (Å²) in [6.07, 6.45) is 3.33. The summed E-state index contributed by atoms with van der Waals surface area (Å²) >= 11 is 0. The molecule has 2 aromatic carbocycles. The number of aryl methyl sites for hydroxylation is 1. The van der Waals surface area contributed by atoms with Gasteiger partial charge in [-0.05, 0) is 42.7 Å². The van der Waals surface area contributed by atoms with Crippen LogP contribution in [0.1, 0.15) is 35.7 Å². The lowest BCUT2D eigenvalue weighted by Gasteiger charge is -2.05. The van der Waals surface area contributed by atoms with Crippen LogP contribution in [0.2, 0.25) is 0 Å². The second-order valence-corrected chi connectivity index (χ2v) is 4.69. The highest BCUT2D eigenvalue weighted by atomic mass is 16.5. The first-order chi connectivity index (χ1) is 9.69. The van der Waals surface area contributed by atoms with E-state index in [1.807, 2.05) is 12.1 Å². The van der Waals surface area contributed by atoms with E-state index in [1.54, 1.807) is 24.3 Å². The van der Waals surface area contributed by atoms with E-state index in [0.29, 0.717) is 11.3 Å². The fourth-order valence-corrected chi connectivity index (χ4v) is 1.90. The van der Waals surface area contributed by atoms with Crippen LogP contribution < -0.4 is 4.74 Å². The first kappa shape index (κ1) is 14.1. The minimum Gasteiger partial charge on any atom is -0.508 e. The van der Waals surface area contributed by atoms with Gasteiger partial charge in [0.2, 0.25) is 0 Å². The van der Waals surface area contributed by atoms with Gasteiger partial charge in [-0.15, -0.1) is 0 Å². The van der Waals surface area contributed by atoms with E-state index in [1.165, 1.54) is 17.7 Å². The van der Waals surface area contributed by atoms with Crippen LogP contribution in [0.25, 0.3) is 0 Å². The van der Waals surface area contributed by atoms with Crippen LogP contribution in [0.3, 0.4) is 0 Å². The molecule has 0 saturated heterocycles. The summed E-state index contributed by atoms with van der Waals surface area (Å²) in [6.45, 7) is 2.15. The zero-order valence-electron chi connectivity index (χ0n) is 11.5. The van der Waals surface area contributed by atoms with Crippen LogP contribution >= 0.6 is 0 Å². The Morgan fingerprint density at radius 3 is 2.55 bits per heavy atom. The van der Waals surface area contributed by atoms with Gasteiger partial charge >= 0.3 is 5.97 Å². The minimum absolute atomic E-state index is 0.0743. The molecule has 0 aliphatic heterocycles. The van der Waals surface area contributed by atoms with Gasteiger partial charge in [-0.2, -0.15) is 0 Å². The number of hydrogen-bond donors (Lipinski definition) is 1. The number of esters is 1. The van der Waals surface area contributed by atoms with E-state index in [2.05, 4.69) is 6.92 Å². The van der Waals surface area contributed by atoms with E-state index < -0.39 is 5.97 Å². The predicted molar refractivity (Wildman–Crippen MR) is 78.1 cm³/mol. The Bertz CT molecular complexity index is 573. The summed E-state index contributed by atoms with van der Waals surface area (Å²) in [5, 5.41) is 9.32. The number of phenols is 1. The van der Waals surface area contributed by atoms with Crippen molar-refractivity contribution in [3.8, 4) is 11.5 Å². The van der Waals surface area contributed by atoms with Crippen LogP contribution in [0.4, 0.5) is 0 Å². The van der Waals surface area contributed by atoms with E-state index in [0.717, 1.165) is 19.3 Å². The van der Waals surface area contributed by atoms with Crippen LogP contribution in [0.5, 0.6) is 11.5 Å². The zero-order chi connectivity index (χ0) is 14.4. The van der Waals surface area contributed by atoms with Gasteiger partial charge in [0.05, 0.1) is 5.56 Å². The molecule has 1 N–H and O–H groups in total. The van der Waals surface area contributed by atoms with E-state index in [-0.39, 0.29) is 5.75 Å². The van der Waals surface area contributed by atoms with Gasteiger partial charge in [-0.3, -0.25) is 0 Å². The molecule has 0 bridgehead atoms. The maximum Gasteiger partial charge on any atom is 0.343 e. The number of hydrogen-bond acceptors (Lipinski definition) is 3. The highest BCUT2D eigenvalue weighted by Crippen LogP contribution is 2.19. The van der Waals surface area contributed by atoms with E-state index in [4.69, 9.17) is 4.74 Å². The van der Waals surface area contributed by atoms with Gasteiger partial charge in [-0.25, -0.2) is 4.79 Å². The summed E-state index contributed by atoms with van der Waals surface area (Å²) in [4.78, 5) is 11.9. The molecule has 0 spiro atoms. The quantitative estimate of drug-likeness (QED) is 0.661. The average molecular weight is 270 g/mol. The number of ether oxygens (including phenoxy) is 1. The smallest absolute Gasteiger partial charge is 0.343 e. The Labute approximate surface area is 118 Å². The molecule has 0 radical (unpaired) electrons. The lowest BCUT2D eigenvalue weighted by Crippen LogP contribution is -2.08. The molecule has 2 rings (SSSR count). The van der Waals surface area contributed by atoms with Gasteiger partial charge < -0.3 is 9.84 Å². The lowest BCUT2D eigenvalue weighted by atomic mass is 10.1. The van der Waals surface area contributed by atoms with Crippen molar-refractivity contribution in [1.29, 1.82) is 0 Å². The fraction of sp³-hybridized carbons (Fsp3) is 0.235. The van der Waals surface area contributed by atoms with Crippen LogP contribution in [-0.2, 0) is 6.42 Å². The number of carbonyl (C=O) groups is 1. The van der Waals surface area contributed by atoms with Crippen molar-refractivity contribution in [3.05, 3.63) is 59.7 Å². The third-order valence-electron chi connectivity index (χ3n) is 3.04. The Kier molecular flexibility index (Phi) is 4.77. The molecule has 3 heteroatoms. The Morgan fingerprint density at radius 1 is 1.15 bits per heavy atom. The monoisotopic (exact) mass is 270 g/mol. The SMILES string of the molecule is CCCCc1ccc(C(=O)Oc2cccc(O)c2)cc1. The summed E-state index contributed by atoms with van der Waals surface area (Å²) in [5.74, 6) is -0.00656. The van der Waals surface area contributed by atoms with Crippen molar-refractivity contribution in [3.63, 3.8) is 0 Å². The first-order valence-corrected chi connectivity index (χ1v) is 6.79. The van der Waals surface area contributed by atoms with Gasteiger partial charge in [0.15, 0.2) is 0 Å². The molecule has 0 aromatic heterocycles. The van der Waals surface area contributed by atoms with E-state index >= 15 is 0 Å². The number of benzene rings is 2. The Balaban J connectivity index is 2.02. The fourth-order valence-electron chi connectivity index (χ4n) is 1.90. The molecule has 0 aliphatic rings. The Morgan fingerprint density at radius 2 is 1.90 bits per heavy atom. The second-order valence-electron chi connectivity index (χ2n) is 4.69. The number of carbonyl (C=O) groups excluding carboxylic acids is 1. The highest BCUT2D eigenvalue weighted by molar-refractivity contribution is 5.91. The van der Waals surface area contributed by atoms with Crippen molar-refractivity contribution >= 4 is 5.97 Å². The highest BCUT2D eigenvalue weighted by Gasteiger charge is 2.08. The average Bonchev–Trinajstić information content (AvgIpc) is 2.45. The van der Waals surface area contributed by atoms with Crippen LogP contribution in [0, 0.1) is 0 Å².